The summed E-state index contributed by atoms with van der Waals surface area (Å²) in [5.74, 6) is 3.53. The molecule has 0 aliphatic heterocycles. The highest BCUT2D eigenvalue weighted by Crippen LogP contribution is 2.44. The van der Waals surface area contributed by atoms with Gasteiger partial charge in [-0.15, -0.1) is 0 Å². The van der Waals surface area contributed by atoms with Crippen molar-refractivity contribution < 1.29 is 0 Å². The molecule has 0 unspecified atom stereocenters. The van der Waals surface area contributed by atoms with Crippen LogP contribution >= 0.6 is 11.6 Å². The summed E-state index contributed by atoms with van der Waals surface area (Å²) in [6.45, 7) is 2.23. The molecule has 2 fully saturated rings. The lowest BCUT2D eigenvalue weighted by atomic mass is 9.68. The van der Waals surface area contributed by atoms with Gasteiger partial charge in [0.15, 0.2) is 0 Å². The van der Waals surface area contributed by atoms with Gasteiger partial charge in [0.05, 0.1) is 0 Å². The second kappa shape index (κ2) is 8.38. The Hall–Kier alpha value is -0.750. The van der Waals surface area contributed by atoms with Gasteiger partial charge in [-0.3, -0.25) is 0 Å². The zero-order valence-electron chi connectivity index (χ0n) is 14.5. The molecular weight excluding hydrogens is 300 g/mol. The normalized spacial score (nSPS) is 32.3. The summed E-state index contributed by atoms with van der Waals surface area (Å²) in [7, 11) is 0. The maximum Gasteiger partial charge on any atom is 0.000525 e. The van der Waals surface area contributed by atoms with Crippen LogP contribution in [-0.2, 0) is 6.42 Å². The standard InChI is InChI=1S/C22H31Cl/c1-2-17-3-7-19(8-4-17)21-11-13-22(14-12-21)20-9-5-18(6-10-20)15-16-23/h3-4,7-8,15-16,18,20-22H,2,5-6,9-14H2,1H3/b16-15+. The van der Waals surface area contributed by atoms with E-state index in [0.717, 1.165) is 30.1 Å². The fraction of sp³-hybridized carbons (Fsp3) is 0.636. The number of aryl methyl sites for hydroxylation is 1. The van der Waals surface area contributed by atoms with Crippen LogP contribution < -0.4 is 0 Å². The lowest BCUT2D eigenvalue weighted by Crippen LogP contribution is -2.25. The Morgan fingerprint density at radius 3 is 1.96 bits per heavy atom. The van der Waals surface area contributed by atoms with Crippen LogP contribution in [0.3, 0.4) is 0 Å². The van der Waals surface area contributed by atoms with Crippen molar-refractivity contribution in [2.24, 2.45) is 17.8 Å². The molecule has 0 heterocycles. The van der Waals surface area contributed by atoms with E-state index in [1.807, 2.05) is 0 Å². The van der Waals surface area contributed by atoms with E-state index >= 15 is 0 Å². The van der Waals surface area contributed by atoms with Crippen molar-refractivity contribution in [3.05, 3.63) is 47.0 Å². The fourth-order valence-corrected chi connectivity index (χ4v) is 5.07. The Bertz CT molecular complexity index is 485. The van der Waals surface area contributed by atoms with Gasteiger partial charge in [-0.2, -0.15) is 0 Å². The molecule has 0 radical (unpaired) electrons. The molecule has 2 aliphatic rings. The van der Waals surface area contributed by atoms with Crippen LogP contribution in [0.5, 0.6) is 0 Å². The highest BCUT2D eigenvalue weighted by atomic mass is 35.5. The van der Waals surface area contributed by atoms with Crippen LogP contribution in [0.15, 0.2) is 35.9 Å². The summed E-state index contributed by atoms with van der Waals surface area (Å²) in [6, 6.07) is 9.42. The number of hydrogen-bond acceptors (Lipinski definition) is 0. The molecule has 0 nitrogen and oxygen atoms in total. The molecule has 0 spiro atoms. The average Bonchev–Trinajstić information content (AvgIpc) is 2.63. The van der Waals surface area contributed by atoms with Gasteiger partial charge < -0.3 is 0 Å². The minimum absolute atomic E-state index is 0.747. The van der Waals surface area contributed by atoms with Crippen molar-refractivity contribution in [2.75, 3.05) is 0 Å². The number of rotatable bonds is 4. The smallest absolute Gasteiger partial charge is 0.000525 e. The van der Waals surface area contributed by atoms with Crippen molar-refractivity contribution in [1.82, 2.24) is 0 Å². The molecule has 126 valence electrons. The van der Waals surface area contributed by atoms with Gasteiger partial charge in [0.1, 0.15) is 0 Å². The summed E-state index contributed by atoms with van der Waals surface area (Å²) in [6.07, 6.45) is 14.6. The third kappa shape index (κ3) is 4.41. The van der Waals surface area contributed by atoms with Gasteiger partial charge in [0, 0.05) is 5.54 Å². The van der Waals surface area contributed by atoms with E-state index in [1.54, 1.807) is 11.1 Å². The zero-order chi connectivity index (χ0) is 16.1. The molecule has 0 atom stereocenters. The predicted octanol–water partition coefficient (Wildman–Crippen LogP) is 7.08. The SMILES string of the molecule is CCc1ccc(C2CCC(C3CCC(/C=C/Cl)CC3)CC2)cc1. The van der Waals surface area contributed by atoms with Crippen molar-refractivity contribution in [1.29, 1.82) is 0 Å². The molecular formula is C22H31Cl. The topological polar surface area (TPSA) is 0 Å². The Balaban J connectivity index is 1.48. The molecule has 1 aromatic rings. The molecule has 0 aromatic heterocycles. The lowest BCUT2D eigenvalue weighted by molar-refractivity contribution is 0.171. The predicted molar refractivity (Wildman–Crippen MR) is 101 cm³/mol. The van der Waals surface area contributed by atoms with E-state index in [2.05, 4.69) is 37.3 Å². The molecule has 1 heteroatoms. The number of hydrogen-bond donors (Lipinski definition) is 0. The average molecular weight is 331 g/mol. The van der Waals surface area contributed by atoms with Gasteiger partial charge in [-0.1, -0.05) is 48.9 Å². The van der Waals surface area contributed by atoms with Crippen LogP contribution in [-0.4, -0.2) is 0 Å². The van der Waals surface area contributed by atoms with Gasteiger partial charge in [-0.05, 0) is 92.6 Å². The number of benzene rings is 1. The summed E-state index contributed by atoms with van der Waals surface area (Å²) < 4.78 is 0. The zero-order valence-corrected chi connectivity index (χ0v) is 15.3. The molecule has 2 aliphatic carbocycles. The van der Waals surface area contributed by atoms with E-state index in [9.17, 15) is 0 Å². The van der Waals surface area contributed by atoms with Crippen LogP contribution in [0.25, 0.3) is 0 Å². The van der Waals surface area contributed by atoms with Crippen molar-refractivity contribution in [3.63, 3.8) is 0 Å². The van der Waals surface area contributed by atoms with Crippen LogP contribution in [0.4, 0.5) is 0 Å². The third-order valence-electron chi connectivity index (χ3n) is 6.46. The summed E-state index contributed by atoms with van der Waals surface area (Å²) in [5, 5.41) is 0. The van der Waals surface area contributed by atoms with Crippen LogP contribution in [0.2, 0.25) is 0 Å². The fourth-order valence-electron chi connectivity index (χ4n) is 4.86. The summed E-state index contributed by atoms with van der Waals surface area (Å²) in [4.78, 5) is 0. The highest BCUT2D eigenvalue weighted by Gasteiger charge is 2.30. The van der Waals surface area contributed by atoms with Crippen molar-refractivity contribution in [3.8, 4) is 0 Å². The number of allylic oxidation sites excluding steroid dienone is 1. The summed E-state index contributed by atoms with van der Waals surface area (Å²) >= 11 is 5.73. The lowest BCUT2D eigenvalue weighted by Gasteiger charge is -2.37. The Labute approximate surface area is 147 Å². The minimum Gasteiger partial charge on any atom is -0.0933 e. The first-order valence-electron chi connectivity index (χ1n) is 9.65. The first-order valence-corrected chi connectivity index (χ1v) is 10.1. The van der Waals surface area contributed by atoms with Crippen LogP contribution in [0, 0.1) is 17.8 Å². The Morgan fingerprint density at radius 1 is 0.870 bits per heavy atom. The van der Waals surface area contributed by atoms with Gasteiger partial charge in [0.2, 0.25) is 0 Å². The van der Waals surface area contributed by atoms with Gasteiger partial charge in [-0.25, -0.2) is 0 Å². The first-order chi connectivity index (χ1) is 11.3. The molecule has 23 heavy (non-hydrogen) atoms. The largest absolute Gasteiger partial charge is 0.0933 e. The van der Waals surface area contributed by atoms with E-state index in [1.165, 1.54) is 56.9 Å². The first kappa shape index (κ1) is 17.1. The van der Waals surface area contributed by atoms with Crippen molar-refractivity contribution >= 4 is 11.6 Å². The van der Waals surface area contributed by atoms with E-state index in [4.69, 9.17) is 11.6 Å². The maximum atomic E-state index is 5.73. The second-order valence-electron chi connectivity index (χ2n) is 7.70. The molecule has 0 amide bonds. The minimum atomic E-state index is 0.747. The van der Waals surface area contributed by atoms with E-state index < -0.39 is 0 Å². The highest BCUT2D eigenvalue weighted by molar-refractivity contribution is 6.25. The van der Waals surface area contributed by atoms with E-state index in [-0.39, 0.29) is 0 Å². The third-order valence-corrected chi connectivity index (χ3v) is 6.60. The van der Waals surface area contributed by atoms with E-state index in [0.29, 0.717) is 0 Å². The summed E-state index contributed by atoms with van der Waals surface area (Å²) in [5.41, 5.74) is 4.77. The monoisotopic (exact) mass is 330 g/mol. The second-order valence-corrected chi connectivity index (χ2v) is 7.95. The number of halogens is 1. The Kier molecular flexibility index (Phi) is 6.22. The molecule has 0 saturated heterocycles. The van der Waals surface area contributed by atoms with Crippen LogP contribution in [0.1, 0.15) is 75.3 Å². The Morgan fingerprint density at radius 2 is 1.43 bits per heavy atom. The van der Waals surface area contributed by atoms with Crippen molar-refractivity contribution in [2.45, 2.75) is 70.6 Å². The van der Waals surface area contributed by atoms with Gasteiger partial charge in [0.25, 0.3) is 0 Å². The van der Waals surface area contributed by atoms with Gasteiger partial charge >= 0.3 is 0 Å². The maximum absolute atomic E-state index is 5.73. The quantitative estimate of drug-likeness (QED) is 0.553. The molecule has 0 N–H and O–H groups in total. The molecule has 3 rings (SSSR count). The molecule has 0 bridgehead atoms. The molecule has 2 saturated carbocycles. The molecule has 1 aromatic carbocycles.